The van der Waals surface area contributed by atoms with Gasteiger partial charge in [0.15, 0.2) is 5.76 Å². The summed E-state index contributed by atoms with van der Waals surface area (Å²) in [6.45, 7) is 0.339. The van der Waals surface area contributed by atoms with Crippen molar-refractivity contribution in [2.45, 2.75) is 12.6 Å². The van der Waals surface area contributed by atoms with E-state index < -0.39 is 11.9 Å². The largest absolute Gasteiger partial charge is 0.503 e. The third kappa shape index (κ3) is 3.83. The molecule has 0 bridgehead atoms. The lowest BCUT2D eigenvalue weighted by Gasteiger charge is -2.28. The van der Waals surface area contributed by atoms with E-state index in [9.17, 15) is 9.90 Å². The van der Waals surface area contributed by atoms with Crippen molar-refractivity contribution in [2.24, 2.45) is 0 Å². The van der Waals surface area contributed by atoms with Crippen molar-refractivity contribution in [3.05, 3.63) is 105 Å². The number of halogens is 2. The first kappa shape index (κ1) is 20.5. The number of ether oxygens (including phenoxy) is 1. The SMILES string of the molecule is COc1ccc(C2=C(O)C(=O)N(Cc3ccc(Cl)cc3)[C@@H]2c2ccccc2Br)cc1. The average molecular weight is 485 g/mol. The fraction of sp³-hybridized carbons (Fsp3) is 0.125. The molecule has 3 aromatic rings. The number of aliphatic hydroxyl groups excluding tert-OH is 1. The summed E-state index contributed by atoms with van der Waals surface area (Å²) in [5.74, 6) is 0.0602. The normalized spacial score (nSPS) is 16.3. The maximum Gasteiger partial charge on any atom is 0.290 e. The molecule has 6 heteroatoms. The first-order valence-electron chi connectivity index (χ1n) is 9.37. The highest BCUT2D eigenvalue weighted by Crippen LogP contribution is 2.45. The van der Waals surface area contributed by atoms with Crippen LogP contribution in [0, 0.1) is 0 Å². The van der Waals surface area contributed by atoms with Crippen molar-refractivity contribution in [1.29, 1.82) is 0 Å². The van der Waals surface area contributed by atoms with Gasteiger partial charge in [-0.15, -0.1) is 0 Å². The van der Waals surface area contributed by atoms with E-state index >= 15 is 0 Å². The number of rotatable bonds is 5. The van der Waals surface area contributed by atoms with Crippen LogP contribution >= 0.6 is 27.5 Å². The molecule has 4 rings (SSSR count). The lowest BCUT2D eigenvalue weighted by atomic mass is 9.93. The van der Waals surface area contributed by atoms with Crippen LogP contribution in [0.3, 0.4) is 0 Å². The maximum atomic E-state index is 13.1. The number of carbonyl (C=O) groups excluding carboxylic acids is 1. The Kier molecular flexibility index (Phi) is 5.84. The molecule has 152 valence electrons. The molecule has 0 radical (unpaired) electrons. The van der Waals surface area contributed by atoms with Crippen molar-refractivity contribution >= 4 is 39.0 Å². The van der Waals surface area contributed by atoms with Crippen LogP contribution < -0.4 is 4.74 Å². The van der Waals surface area contributed by atoms with Crippen molar-refractivity contribution in [2.75, 3.05) is 7.11 Å². The quantitative estimate of drug-likeness (QED) is 0.471. The Morgan fingerprint density at radius 1 is 1.03 bits per heavy atom. The number of nitrogens with zero attached hydrogens (tertiary/aromatic N) is 1. The second-order valence-electron chi connectivity index (χ2n) is 6.97. The minimum absolute atomic E-state index is 0.241. The zero-order valence-electron chi connectivity index (χ0n) is 16.2. The van der Waals surface area contributed by atoms with Gasteiger partial charge >= 0.3 is 0 Å². The van der Waals surface area contributed by atoms with Gasteiger partial charge in [0.05, 0.1) is 13.2 Å². The van der Waals surface area contributed by atoms with Gasteiger partial charge in [0.25, 0.3) is 5.91 Å². The smallest absolute Gasteiger partial charge is 0.290 e. The van der Waals surface area contributed by atoms with Gasteiger partial charge in [-0.2, -0.15) is 0 Å². The number of amides is 1. The molecule has 3 aromatic carbocycles. The predicted octanol–water partition coefficient (Wildman–Crippen LogP) is 6.16. The minimum Gasteiger partial charge on any atom is -0.503 e. The molecule has 1 N–H and O–H groups in total. The molecular weight excluding hydrogens is 466 g/mol. The lowest BCUT2D eigenvalue weighted by Crippen LogP contribution is -2.30. The number of carbonyl (C=O) groups is 1. The van der Waals surface area contributed by atoms with E-state index in [1.165, 1.54) is 0 Å². The summed E-state index contributed by atoms with van der Waals surface area (Å²) in [6, 6.07) is 22.0. The molecule has 1 atom stereocenters. The zero-order chi connectivity index (χ0) is 21.3. The second kappa shape index (κ2) is 8.54. The van der Waals surface area contributed by atoms with Crippen LogP contribution in [0.2, 0.25) is 5.02 Å². The van der Waals surface area contributed by atoms with Gasteiger partial charge in [-0.05, 0) is 47.0 Å². The zero-order valence-corrected chi connectivity index (χ0v) is 18.5. The standard InChI is InChI=1S/C24H19BrClNO3/c1-30-18-12-8-16(9-13-18)21-22(19-4-2-3-5-20(19)25)27(24(29)23(21)28)14-15-6-10-17(26)11-7-15/h2-13,22,28H,14H2,1H3/t22-/m1/s1. The van der Waals surface area contributed by atoms with Crippen molar-refractivity contribution < 1.29 is 14.6 Å². The highest BCUT2D eigenvalue weighted by molar-refractivity contribution is 9.10. The number of aliphatic hydroxyl groups is 1. The summed E-state index contributed by atoms with van der Waals surface area (Å²) < 4.78 is 6.11. The van der Waals surface area contributed by atoms with Crippen molar-refractivity contribution in [3.8, 4) is 5.75 Å². The van der Waals surface area contributed by atoms with Crippen molar-refractivity contribution in [1.82, 2.24) is 4.90 Å². The van der Waals surface area contributed by atoms with Crippen LogP contribution in [0.25, 0.3) is 5.57 Å². The van der Waals surface area contributed by atoms with E-state index in [0.29, 0.717) is 22.9 Å². The van der Waals surface area contributed by atoms with E-state index in [2.05, 4.69) is 15.9 Å². The third-order valence-electron chi connectivity index (χ3n) is 5.17. The first-order valence-corrected chi connectivity index (χ1v) is 10.5. The van der Waals surface area contributed by atoms with Crippen LogP contribution in [0.4, 0.5) is 0 Å². The Bertz CT molecular complexity index is 1110. The van der Waals surface area contributed by atoms with Crippen molar-refractivity contribution in [3.63, 3.8) is 0 Å². The maximum absolute atomic E-state index is 13.1. The molecule has 0 fully saturated rings. The van der Waals surface area contributed by atoms with Gasteiger partial charge in [-0.3, -0.25) is 4.79 Å². The van der Waals surface area contributed by atoms with E-state index in [1.54, 1.807) is 24.1 Å². The van der Waals surface area contributed by atoms with E-state index in [1.807, 2.05) is 60.7 Å². The summed E-state index contributed by atoms with van der Waals surface area (Å²) >= 11 is 9.62. The number of methoxy groups -OCH3 is 1. The number of hydrogen-bond acceptors (Lipinski definition) is 3. The molecule has 1 aliphatic heterocycles. The highest BCUT2D eigenvalue weighted by atomic mass is 79.9. The van der Waals surface area contributed by atoms with E-state index in [0.717, 1.165) is 21.2 Å². The molecule has 0 unspecified atom stereocenters. The molecule has 0 saturated carbocycles. The molecule has 0 aromatic heterocycles. The van der Waals surface area contributed by atoms with Crippen LogP contribution in [-0.4, -0.2) is 23.0 Å². The molecule has 1 amide bonds. The van der Waals surface area contributed by atoms with Crippen LogP contribution in [0.15, 0.2) is 83.0 Å². The highest BCUT2D eigenvalue weighted by Gasteiger charge is 2.41. The van der Waals surface area contributed by atoms with Crippen LogP contribution in [0.5, 0.6) is 5.75 Å². The van der Waals surface area contributed by atoms with Gasteiger partial charge in [0, 0.05) is 21.6 Å². The Hall–Kier alpha value is -2.76. The molecule has 1 aliphatic rings. The Balaban J connectivity index is 1.81. The summed E-state index contributed by atoms with van der Waals surface area (Å²) in [4.78, 5) is 14.8. The van der Waals surface area contributed by atoms with Crippen LogP contribution in [-0.2, 0) is 11.3 Å². The predicted molar refractivity (Wildman–Crippen MR) is 121 cm³/mol. The van der Waals surface area contributed by atoms with Gasteiger partial charge in [-0.25, -0.2) is 0 Å². The van der Waals surface area contributed by atoms with Gasteiger partial charge in [0.2, 0.25) is 0 Å². The fourth-order valence-electron chi connectivity index (χ4n) is 3.69. The average Bonchev–Trinajstić information content (AvgIpc) is 3.00. The van der Waals surface area contributed by atoms with Gasteiger partial charge in [-0.1, -0.05) is 70.0 Å². The minimum atomic E-state index is -0.447. The lowest BCUT2D eigenvalue weighted by molar-refractivity contribution is -0.130. The van der Waals surface area contributed by atoms with E-state index in [4.69, 9.17) is 16.3 Å². The molecule has 0 saturated heterocycles. The summed E-state index contributed by atoms with van der Waals surface area (Å²) in [5, 5.41) is 11.5. The summed E-state index contributed by atoms with van der Waals surface area (Å²) in [7, 11) is 1.60. The topological polar surface area (TPSA) is 49.8 Å². The number of benzene rings is 3. The first-order chi connectivity index (χ1) is 14.5. The van der Waals surface area contributed by atoms with Gasteiger partial charge in [0.1, 0.15) is 5.75 Å². The molecule has 0 spiro atoms. The summed E-state index contributed by atoms with van der Waals surface area (Å²) in [5.41, 5.74) is 3.16. The molecular formula is C24H19BrClNO3. The Labute approximate surface area is 188 Å². The monoisotopic (exact) mass is 483 g/mol. The molecule has 30 heavy (non-hydrogen) atoms. The Morgan fingerprint density at radius 3 is 2.33 bits per heavy atom. The Morgan fingerprint density at radius 2 is 1.70 bits per heavy atom. The third-order valence-corrected chi connectivity index (χ3v) is 6.14. The molecule has 4 nitrogen and oxygen atoms in total. The second-order valence-corrected chi connectivity index (χ2v) is 8.27. The molecule has 1 heterocycles. The fourth-order valence-corrected chi connectivity index (χ4v) is 4.32. The van der Waals surface area contributed by atoms with Gasteiger partial charge < -0.3 is 14.7 Å². The molecule has 0 aliphatic carbocycles. The summed E-state index contributed by atoms with van der Waals surface area (Å²) in [6.07, 6.45) is 0. The number of hydrogen-bond donors (Lipinski definition) is 1. The van der Waals surface area contributed by atoms with E-state index in [-0.39, 0.29) is 5.76 Å². The van der Waals surface area contributed by atoms with Crippen LogP contribution in [0.1, 0.15) is 22.7 Å².